The highest BCUT2D eigenvalue weighted by Crippen LogP contribution is 2.27. The molecule has 4 nitrogen and oxygen atoms in total. The van der Waals surface area contributed by atoms with E-state index in [1.54, 1.807) is 13.0 Å². The Balaban J connectivity index is 2.48. The van der Waals surface area contributed by atoms with Gasteiger partial charge in [-0.1, -0.05) is 11.6 Å². The van der Waals surface area contributed by atoms with Gasteiger partial charge in [-0.25, -0.2) is 12.8 Å². The average molecular weight is 329 g/mol. The maximum absolute atomic E-state index is 13.6. The summed E-state index contributed by atoms with van der Waals surface area (Å²) in [5, 5.41) is 0.224. The van der Waals surface area contributed by atoms with Gasteiger partial charge in [0.25, 0.3) is 10.0 Å². The van der Waals surface area contributed by atoms with Crippen LogP contribution in [0.25, 0.3) is 0 Å². The molecule has 0 unspecified atom stereocenters. The summed E-state index contributed by atoms with van der Waals surface area (Å²) in [6.07, 6.45) is 0. The third-order valence-electron chi connectivity index (χ3n) is 3.09. The lowest BCUT2D eigenvalue weighted by atomic mass is 10.1. The molecule has 0 spiro atoms. The van der Waals surface area contributed by atoms with E-state index >= 15 is 0 Å². The molecule has 2 aromatic carbocycles. The number of benzene rings is 2. The first-order valence-electron chi connectivity index (χ1n) is 6.05. The van der Waals surface area contributed by atoms with Gasteiger partial charge < -0.3 is 5.73 Å². The molecule has 21 heavy (non-hydrogen) atoms. The Bertz CT molecular complexity index is 807. The van der Waals surface area contributed by atoms with Gasteiger partial charge in [0.2, 0.25) is 0 Å². The van der Waals surface area contributed by atoms with E-state index in [0.29, 0.717) is 0 Å². The Morgan fingerprint density at radius 1 is 1.14 bits per heavy atom. The molecule has 7 heteroatoms. The number of sulfonamides is 1. The van der Waals surface area contributed by atoms with Gasteiger partial charge in [0.05, 0.1) is 11.4 Å². The van der Waals surface area contributed by atoms with Gasteiger partial charge >= 0.3 is 0 Å². The minimum atomic E-state index is -4.00. The lowest BCUT2D eigenvalue weighted by molar-refractivity contribution is 0.599. The Morgan fingerprint density at radius 3 is 2.43 bits per heavy atom. The number of hydrogen-bond acceptors (Lipinski definition) is 3. The molecule has 0 radical (unpaired) electrons. The van der Waals surface area contributed by atoms with Gasteiger partial charge in [-0.3, -0.25) is 4.72 Å². The number of nitrogens with two attached hydrogens (primary N) is 1. The maximum atomic E-state index is 13.6. The molecule has 3 N–H and O–H groups in total. The van der Waals surface area contributed by atoms with Gasteiger partial charge in [-0.15, -0.1) is 0 Å². The molecule has 0 saturated carbocycles. The van der Waals surface area contributed by atoms with Crippen molar-refractivity contribution in [1.29, 1.82) is 0 Å². The van der Waals surface area contributed by atoms with Crippen LogP contribution in [0, 0.1) is 19.7 Å². The largest absolute Gasteiger partial charge is 0.398 e. The molecule has 0 atom stereocenters. The molecule has 0 amide bonds. The normalized spacial score (nSPS) is 11.4. The fourth-order valence-corrected chi connectivity index (χ4v) is 3.25. The number of halogens is 2. The zero-order chi connectivity index (χ0) is 15.8. The summed E-state index contributed by atoms with van der Waals surface area (Å²) in [6.45, 7) is 3.60. The lowest BCUT2D eigenvalue weighted by Gasteiger charge is -2.13. The van der Waals surface area contributed by atoms with Crippen molar-refractivity contribution in [2.24, 2.45) is 0 Å². The molecule has 2 rings (SSSR count). The van der Waals surface area contributed by atoms with E-state index < -0.39 is 15.8 Å². The molecule has 0 fully saturated rings. The molecule has 0 saturated heterocycles. The second kappa shape index (κ2) is 5.54. The Labute approximate surface area is 127 Å². The molecular formula is C14H14ClFN2O2S. The molecule has 0 aromatic heterocycles. The van der Waals surface area contributed by atoms with Crippen LogP contribution < -0.4 is 10.5 Å². The summed E-state index contributed by atoms with van der Waals surface area (Å²) in [5.74, 6) is -0.717. The first-order valence-corrected chi connectivity index (χ1v) is 7.91. The summed E-state index contributed by atoms with van der Waals surface area (Å²) in [5.41, 5.74) is 7.29. The number of aryl methyl sites for hydroxylation is 2. The molecule has 0 heterocycles. The molecule has 0 aliphatic carbocycles. The van der Waals surface area contributed by atoms with Gasteiger partial charge in [0, 0.05) is 5.02 Å². The molecule has 0 aliphatic rings. The number of hydrogen-bond donors (Lipinski definition) is 2. The van der Waals surface area contributed by atoms with Crippen molar-refractivity contribution < 1.29 is 12.8 Å². The van der Waals surface area contributed by atoms with Crippen molar-refractivity contribution >= 4 is 33.0 Å². The van der Waals surface area contributed by atoms with E-state index in [-0.39, 0.29) is 21.3 Å². The summed E-state index contributed by atoms with van der Waals surface area (Å²) in [4.78, 5) is -0.0926. The Kier molecular flexibility index (Phi) is 4.11. The van der Waals surface area contributed by atoms with Gasteiger partial charge in [0.1, 0.15) is 10.7 Å². The van der Waals surface area contributed by atoms with E-state index in [9.17, 15) is 12.8 Å². The average Bonchev–Trinajstić information content (AvgIpc) is 2.37. The first kappa shape index (κ1) is 15.6. The molecule has 112 valence electrons. The third-order valence-corrected chi connectivity index (χ3v) is 4.74. The van der Waals surface area contributed by atoms with Crippen LogP contribution in [0.2, 0.25) is 5.02 Å². The van der Waals surface area contributed by atoms with Crippen molar-refractivity contribution in [2.75, 3.05) is 10.5 Å². The summed E-state index contributed by atoms with van der Waals surface area (Å²) < 4.78 is 40.5. The monoisotopic (exact) mass is 328 g/mol. The van der Waals surface area contributed by atoms with Crippen molar-refractivity contribution in [3.63, 3.8) is 0 Å². The quantitative estimate of drug-likeness (QED) is 0.847. The maximum Gasteiger partial charge on any atom is 0.264 e. The van der Waals surface area contributed by atoms with Gasteiger partial charge in [-0.05, 0) is 55.3 Å². The van der Waals surface area contributed by atoms with Crippen LogP contribution >= 0.6 is 11.6 Å². The molecule has 2 aromatic rings. The second-order valence-corrected chi connectivity index (χ2v) is 6.79. The predicted molar refractivity (Wildman–Crippen MR) is 82.5 cm³/mol. The number of nitrogen functional groups attached to an aromatic ring is 1. The highest BCUT2D eigenvalue weighted by atomic mass is 35.5. The van der Waals surface area contributed by atoms with E-state index in [2.05, 4.69) is 4.72 Å². The van der Waals surface area contributed by atoms with Gasteiger partial charge in [0.15, 0.2) is 0 Å². The van der Waals surface area contributed by atoms with Crippen LogP contribution in [-0.2, 0) is 10.0 Å². The third kappa shape index (κ3) is 3.28. The predicted octanol–water partition coefficient (Wildman–Crippen LogP) is 3.48. The first-order chi connectivity index (χ1) is 9.70. The van der Waals surface area contributed by atoms with E-state index in [1.165, 1.54) is 18.2 Å². The van der Waals surface area contributed by atoms with Crippen LogP contribution in [0.5, 0.6) is 0 Å². The minimum Gasteiger partial charge on any atom is -0.398 e. The van der Waals surface area contributed by atoms with E-state index in [4.69, 9.17) is 17.3 Å². The highest BCUT2D eigenvalue weighted by molar-refractivity contribution is 7.92. The zero-order valence-electron chi connectivity index (χ0n) is 11.4. The van der Waals surface area contributed by atoms with Crippen molar-refractivity contribution in [2.45, 2.75) is 18.7 Å². The Morgan fingerprint density at radius 2 is 1.76 bits per heavy atom. The zero-order valence-corrected chi connectivity index (χ0v) is 13.0. The number of rotatable bonds is 3. The van der Waals surface area contributed by atoms with Crippen LogP contribution in [0.15, 0.2) is 35.2 Å². The van der Waals surface area contributed by atoms with Crippen molar-refractivity contribution in [1.82, 2.24) is 0 Å². The SMILES string of the molecule is Cc1cc(N)c(S(=O)(=O)Nc2cc(Cl)ccc2F)cc1C. The van der Waals surface area contributed by atoms with Crippen molar-refractivity contribution in [3.05, 3.63) is 52.3 Å². The molecule has 0 bridgehead atoms. The smallest absolute Gasteiger partial charge is 0.264 e. The number of nitrogens with one attached hydrogen (secondary N) is 1. The summed E-state index contributed by atoms with van der Waals surface area (Å²) in [6, 6.07) is 6.64. The lowest BCUT2D eigenvalue weighted by Crippen LogP contribution is -2.16. The summed E-state index contributed by atoms with van der Waals surface area (Å²) >= 11 is 5.74. The van der Waals surface area contributed by atoms with Crippen LogP contribution in [-0.4, -0.2) is 8.42 Å². The Hall–Kier alpha value is -1.79. The van der Waals surface area contributed by atoms with E-state index in [1.807, 2.05) is 6.92 Å². The van der Waals surface area contributed by atoms with Crippen LogP contribution in [0.3, 0.4) is 0 Å². The molecule has 0 aliphatic heterocycles. The topological polar surface area (TPSA) is 72.2 Å². The van der Waals surface area contributed by atoms with Crippen LogP contribution in [0.1, 0.15) is 11.1 Å². The summed E-state index contributed by atoms with van der Waals surface area (Å²) in [7, 11) is -4.00. The fraction of sp³-hybridized carbons (Fsp3) is 0.143. The second-order valence-electron chi connectivity index (χ2n) is 4.70. The van der Waals surface area contributed by atoms with Crippen LogP contribution in [0.4, 0.5) is 15.8 Å². The number of anilines is 2. The fourth-order valence-electron chi connectivity index (χ4n) is 1.82. The molecular weight excluding hydrogens is 315 g/mol. The van der Waals surface area contributed by atoms with E-state index in [0.717, 1.165) is 17.2 Å². The standard InChI is InChI=1S/C14H14ClFN2O2S/c1-8-5-12(17)14(6-9(8)2)21(19,20)18-13-7-10(15)3-4-11(13)16/h3-7,18H,17H2,1-2H3. The van der Waals surface area contributed by atoms with Crippen molar-refractivity contribution in [3.8, 4) is 0 Å². The minimum absolute atomic E-state index is 0.0926. The highest BCUT2D eigenvalue weighted by Gasteiger charge is 2.20. The van der Waals surface area contributed by atoms with Gasteiger partial charge in [-0.2, -0.15) is 0 Å².